The number of nitrogens with one attached hydrogen (secondary N) is 2. The molecule has 3 atom stereocenters. The molecule has 1 saturated heterocycles. The molecule has 0 aromatic heterocycles. The average molecular weight is 443 g/mol. The molecule has 0 spiro atoms. The van der Waals surface area contributed by atoms with Gasteiger partial charge >= 0.3 is 0 Å². The fraction of sp³-hybridized carbons (Fsp3) is 0.417. The summed E-state index contributed by atoms with van der Waals surface area (Å²) in [5, 5.41) is 15.5. The number of carbonyl (C=O) groups is 2. The Morgan fingerprint density at radius 2 is 1.91 bits per heavy atom. The molecule has 0 unspecified atom stereocenters. The van der Waals surface area contributed by atoms with E-state index in [9.17, 15) is 23.5 Å². The zero-order valence-corrected chi connectivity index (χ0v) is 18.1. The fourth-order valence-corrected chi connectivity index (χ4v) is 5.02. The summed E-state index contributed by atoms with van der Waals surface area (Å²) in [6.45, 7) is 2.99. The van der Waals surface area contributed by atoms with Crippen LogP contribution in [0, 0.1) is 11.6 Å². The van der Waals surface area contributed by atoms with Gasteiger partial charge in [0.15, 0.2) is 0 Å². The third kappa shape index (κ3) is 4.19. The Kier molecular flexibility index (Phi) is 5.90. The van der Waals surface area contributed by atoms with E-state index in [4.69, 9.17) is 0 Å². The summed E-state index contributed by atoms with van der Waals surface area (Å²) in [6.07, 6.45) is 1.41. The van der Waals surface area contributed by atoms with Crippen molar-refractivity contribution in [2.45, 2.75) is 50.1 Å². The second-order valence-corrected chi connectivity index (χ2v) is 8.98. The molecule has 3 N–H and O–H groups in total. The molecule has 0 saturated carbocycles. The minimum absolute atomic E-state index is 0.0510. The number of benzene rings is 2. The van der Waals surface area contributed by atoms with Crippen LogP contribution < -0.4 is 10.6 Å². The third-order valence-electron chi connectivity index (χ3n) is 6.86. The molecule has 32 heavy (non-hydrogen) atoms. The second-order valence-electron chi connectivity index (χ2n) is 8.98. The number of anilines is 1. The minimum Gasteiger partial charge on any atom is -0.508 e. The Morgan fingerprint density at radius 1 is 1.16 bits per heavy atom. The number of carbonyl (C=O) groups excluding carboxylic acids is 2. The van der Waals surface area contributed by atoms with Gasteiger partial charge < -0.3 is 20.6 Å². The van der Waals surface area contributed by atoms with Gasteiger partial charge in [0.05, 0.1) is 11.7 Å². The van der Waals surface area contributed by atoms with Crippen LogP contribution in [-0.4, -0.2) is 47.5 Å². The molecule has 170 valence electrons. The lowest BCUT2D eigenvalue weighted by Gasteiger charge is -2.54. The summed E-state index contributed by atoms with van der Waals surface area (Å²) in [5.74, 6) is -2.17. The lowest BCUT2D eigenvalue weighted by molar-refractivity contribution is -0.126. The van der Waals surface area contributed by atoms with E-state index < -0.39 is 17.5 Å². The van der Waals surface area contributed by atoms with Crippen LogP contribution in [0.1, 0.15) is 37.3 Å². The Labute approximate surface area is 185 Å². The Hall–Kier alpha value is -3.00. The number of hydrogen-bond donors (Lipinski definition) is 3. The summed E-state index contributed by atoms with van der Waals surface area (Å²) in [7, 11) is 2.04. The van der Waals surface area contributed by atoms with Crippen LogP contribution in [0.4, 0.5) is 14.5 Å². The Balaban J connectivity index is 1.42. The highest BCUT2D eigenvalue weighted by atomic mass is 19.1. The highest BCUT2D eigenvalue weighted by molar-refractivity contribution is 5.93. The molecule has 4 rings (SSSR count). The van der Waals surface area contributed by atoms with Crippen LogP contribution in [0.3, 0.4) is 0 Å². The largest absolute Gasteiger partial charge is 0.508 e. The van der Waals surface area contributed by atoms with Crippen LogP contribution in [-0.2, 0) is 21.4 Å². The van der Waals surface area contributed by atoms with Gasteiger partial charge in [0.25, 0.3) is 0 Å². The number of nitrogens with zero attached hydrogens (tertiary/aromatic N) is 1. The molecule has 2 aromatic carbocycles. The molecule has 1 heterocycles. The van der Waals surface area contributed by atoms with Gasteiger partial charge in [-0.25, -0.2) is 8.78 Å². The normalized spacial score (nSPS) is 24.5. The van der Waals surface area contributed by atoms with E-state index in [1.54, 1.807) is 12.1 Å². The molecule has 2 aliphatic rings. The quantitative estimate of drug-likeness (QED) is 0.664. The highest BCUT2D eigenvalue weighted by Gasteiger charge is 2.50. The number of phenolic OH excluding ortho intramolecular Hbond substituents is 1. The fourth-order valence-electron chi connectivity index (χ4n) is 5.02. The lowest BCUT2D eigenvalue weighted by Crippen LogP contribution is -2.67. The van der Waals surface area contributed by atoms with Crippen molar-refractivity contribution in [3.63, 3.8) is 0 Å². The van der Waals surface area contributed by atoms with Crippen molar-refractivity contribution >= 4 is 17.5 Å². The maximum atomic E-state index is 13.7. The van der Waals surface area contributed by atoms with E-state index in [2.05, 4.69) is 22.5 Å². The SMILES string of the molecule is CN1CC[C@]2(C)c3cc(O)ccc3C[C@@H]1[C@@H]2NC(=O)CCC(=O)Nc1ccc(F)cc1F. The molecule has 1 aliphatic carbocycles. The van der Waals surface area contributed by atoms with Gasteiger partial charge in [-0.05, 0) is 61.8 Å². The van der Waals surface area contributed by atoms with Crippen molar-refractivity contribution in [3.05, 3.63) is 59.2 Å². The number of piperidine rings is 1. The number of aromatic hydroxyl groups is 1. The van der Waals surface area contributed by atoms with E-state index in [0.29, 0.717) is 6.07 Å². The predicted molar refractivity (Wildman–Crippen MR) is 116 cm³/mol. The van der Waals surface area contributed by atoms with E-state index >= 15 is 0 Å². The first-order chi connectivity index (χ1) is 15.2. The zero-order chi connectivity index (χ0) is 23.0. The van der Waals surface area contributed by atoms with E-state index in [-0.39, 0.29) is 47.7 Å². The second kappa shape index (κ2) is 8.50. The number of hydrogen-bond acceptors (Lipinski definition) is 4. The summed E-state index contributed by atoms with van der Waals surface area (Å²) in [6, 6.07) is 8.27. The number of phenols is 1. The van der Waals surface area contributed by atoms with E-state index in [0.717, 1.165) is 37.1 Å². The molecule has 0 radical (unpaired) electrons. The van der Waals surface area contributed by atoms with E-state index in [1.165, 1.54) is 5.56 Å². The maximum Gasteiger partial charge on any atom is 0.224 e. The summed E-state index contributed by atoms with van der Waals surface area (Å²) in [5.41, 5.74) is 1.77. The minimum atomic E-state index is -0.865. The molecule has 1 fully saturated rings. The molecule has 1 aliphatic heterocycles. The smallest absolute Gasteiger partial charge is 0.224 e. The van der Waals surface area contributed by atoms with Crippen LogP contribution in [0.15, 0.2) is 36.4 Å². The summed E-state index contributed by atoms with van der Waals surface area (Å²) >= 11 is 0. The van der Waals surface area contributed by atoms with Gasteiger partial charge in [-0.1, -0.05) is 13.0 Å². The molecule has 2 amide bonds. The first kappa shape index (κ1) is 22.2. The molecule has 2 bridgehead atoms. The van der Waals surface area contributed by atoms with Crippen LogP contribution in [0.2, 0.25) is 0 Å². The highest BCUT2D eigenvalue weighted by Crippen LogP contribution is 2.45. The van der Waals surface area contributed by atoms with Crippen LogP contribution in [0.5, 0.6) is 5.75 Å². The van der Waals surface area contributed by atoms with Gasteiger partial charge in [0.2, 0.25) is 11.8 Å². The number of fused-ring (bicyclic) bond motifs is 4. The van der Waals surface area contributed by atoms with Gasteiger partial charge in [0.1, 0.15) is 17.4 Å². The topological polar surface area (TPSA) is 81.7 Å². The van der Waals surface area contributed by atoms with Gasteiger partial charge in [-0.2, -0.15) is 0 Å². The molecular formula is C24H27F2N3O3. The summed E-state index contributed by atoms with van der Waals surface area (Å²) < 4.78 is 26.7. The molecule has 8 heteroatoms. The maximum absolute atomic E-state index is 13.7. The van der Waals surface area contributed by atoms with Crippen molar-refractivity contribution < 1.29 is 23.5 Å². The van der Waals surface area contributed by atoms with Crippen LogP contribution >= 0.6 is 0 Å². The van der Waals surface area contributed by atoms with Crippen molar-refractivity contribution in [3.8, 4) is 5.75 Å². The lowest BCUT2D eigenvalue weighted by atomic mass is 9.61. The number of halogens is 2. The number of rotatable bonds is 5. The molecular weight excluding hydrogens is 416 g/mol. The monoisotopic (exact) mass is 443 g/mol. The Bertz CT molecular complexity index is 1060. The molecule has 2 aromatic rings. The van der Waals surface area contributed by atoms with Crippen molar-refractivity contribution in [1.29, 1.82) is 0 Å². The van der Waals surface area contributed by atoms with Crippen LogP contribution in [0.25, 0.3) is 0 Å². The Morgan fingerprint density at radius 3 is 2.66 bits per heavy atom. The van der Waals surface area contributed by atoms with Crippen molar-refractivity contribution in [1.82, 2.24) is 10.2 Å². The zero-order valence-electron chi connectivity index (χ0n) is 18.1. The van der Waals surface area contributed by atoms with Gasteiger partial charge in [-0.15, -0.1) is 0 Å². The first-order valence-corrected chi connectivity index (χ1v) is 10.7. The van der Waals surface area contributed by atoms with Gasteiger partial charge in [0, 0.05) is 30.4 Å². The number of likely N-dealkylation sites (tertiary alicyclic amines) is 1. The summed E-state index contributed by atoms with van der Waals surface area (Å²) in [4.78, 5) is 27.2. The van der Waals surface area contributed by atoms with E-state index in [1.807, 2.05) is 13.1 Å². The average Bonchev–Trinajstić information content (AvgIpc) is 2.74. The van der Waals surface area contributed by atoms with Crippen molar-refractivity contribution in [2.24, 2.45) is 0 Å². The number of likely N-dealkylation sites (N-methyl/N-ethyl adjacent to an activating group) is 1. The predicted octanol–water partition coefficient (Wildman–Crippen LogP) is 3.09. The van der Waals surface area contributed by atoms with Gasteiger partial charge in [-0.3, -0.25) is 9.59 Å². The third-order valence-corrected chi connectivity index (χ3v) is 6.86. The number of amides is 2. The standard InChI is InChI=1S/C24H27F2N3O3/c1-24-9-10-29(2)20(11-14-3-5-16(30)13-17(14)24)23(24)28-22(32)8-7-21(31)27-19-6-4-15(25)12-18(19)26/h3-6,12-13,20,23,30H,7-11H2,1-2H3,(H,27,31)(H,28,32)/t20-,23+,24-/m1/s1. The van der Waals surface area contributed by atoms with Crippen molar-refractivity contribution in [2.75, 3.05) is 18.9 Å². The first-order valence-electron chi connectivity index (χ1n) is 10.7. The molecule has 6 nitrogen and oxygen atoms in total.